The number of carbonyl (C=O) groups is 1. The highest BCUT2D eigenvalue weighted by atomic mass is 16.2. The molecule has 1 amide bonds. The van der Waals surface area contributed by atoms with Crippen LogP contribution in [0.5, 0.6) is 0 Å². The highest BCUT2D eigenvalue weighted by Crippen LogP contribution is 2.47. The Kier molecular flexibility index (Phi) is 2.90. The second kappa shape index (κ2) is 4.57. The van der Waals surface area contributed by atoms with Gasteiger partial charge < -0.3 is 4.90 Å². The van der Waals surface area contributed by atoms with Crippen LogP contribution in [-0.2, 0) is 4.79 Å². The summed E-state index contributed by atoms with van der Waals surface area (Å²) >= 11 is 0. The van der Waals surface area contributed by atoms with Crippen molar-refractivity contribution in [2.75, 3.05) is 6.54 Å². The van der Waals surface area contributed by atoms with Gasteiger partial charge in [-0.2, -0.15) is 0 Å². The van der Waals surface area contributed by atoms with Crippen molar-refractivity contribution < 1.29 is 4.79 Å². The molecule has 0 bridgehead atoms. The zero-order valence-corrected chi connectivity index (χ0v) is 12.9. The van der Waals surface area contributed by atoms with Gasteiger partial charge in [0.05, 0.1) is 0 Å². The zero-order chi connectivity index (χ0) is 14.6. The molecule has 1 heterocycles. The Morgan fingerprint density at radius 2 is 2.05 bits per heavy atom. The summed E-state index contributed by atoms with van der Waals surface area (Å²) < 4.78 is 0. The summed E-state index contributed by atoms with van der Waals surface area (Å²) in [7, 11) is 0. The maximum Gasteiger partial charge on any atom is 0.244 e. The quantitative estimate of drug-likeness (QED) is 0.922. The first-order valence-electron chi connectivity index (χ1n) is 8.25. The van der Waals surface area contributed by atoms with Gasteiger partial charge in [-0.25, -0.2) is 0 Å². The van der Waals surface area contributed by atoms with Gasteiger partial charge in [0.25, 0.3) is 0 Å². The van der Waals surface area contributed by atoms with Crippen LogP contribution in [0.2, 0.25) is 0 Å². The molecule has 0 aromatic heterocycles. The van der Waals surface area contributed by atoms with Gasteiger partial charge in [0.1, 0.15) is 11.7 Å². The molecule has 1 N–H and O–H groups in total. The van der Waals surface area contributed by atoms with E-state index in [4.69, 9.17) is 0 Å². The highest BCUT2D eigenvalue weighted by Gasteiger charge is 2.59. The topological polar surface area (TPSA) is 32.3 Å². The Morgan fingerprint density at radius 1 is 1.33 bits per heavy atom. The molecule has 2 unspecified atom stereocenters. The molecule has 3 fully saturated rings. The van der Waals surface area contributed by atoms with E-state index in [2.05, 4.69) is 48.3 Å². The molecule has 1 aromatic carbocycles. The molecular formula is C18H24N2O. The molecule has 3 nitrogen and oxygen atoms in total. The molecule has 0 radical (unpaired) electrons. The molecule has 1 saturated heterocycles. The van der Waals surface area contributed by atoms with Crippen molar-refractivity contribution in [1.29, 1.82) is 0 Å². The van der Waals surface area contributed by atoms with E-state index in [1.165, 1.54) is 24.0 Å². The third-order valence-corrected chi connectivity index (χ3v) is 5.54. The van der Waals surface area contributed by atoms with Gasteiger partial charge in [-0.3, -0.25) is 10.1 Å². The number of nitrogens with zero attached hydrogens (tertiary/aromatic N) is 1. The van der Waals surface area contributed by atoms with Gasteiger partial charge in [0, 0.05) is 6.54 Å². The summed E-state index contributed by atoms with van der Waals surface area (Å²) in [5, 5.41) is 3.64. The maximum absolute atomic E-state index is 12.8. The van der Waals surface area contributed by atoms with Crippen molar-refractivity contribution in [1.82, 2.24) is 10.2 Å². The molecule has 2 saturated carbocycles. The third kappa shape index (κ3) is 2.18. The monoisotopic (exact) mass is 284 g/mol. The summed E-state index contributed by atoms with van der Waals surface area (Å²) in [6, 6.07) is 8.45. The number of nitrogens with one attached hydrogen (secondary N) is 1. The first-order valence-corrected chi connectivity index (χ1v) is 8.25. The van der Waals surface area contributed by atoms with Crippen molar-refractivity contribution in [3.63, 3.8) is 0 Å². The molecule has 21 heavy (non-hydrogen) atoms. The Labute approximate surface area is 126 Å². The Morgan fingerprint density at radius 3 is 2.67 bits per heavy atom. The van der Waals surface area contributed by atoms with E-state index in [0.717, 1.165) is 25.3 Å². The molecule has 2 aliphatic carbocycles. The Bertz CT molecular complexity index is 574. The van der Waals surface area contributed by atoms with Crippen LogP contribution in [0.15, 0.2) is 24.3 Å². The van der Waals surface area contributed by atoms with Crippen LogP contribution in [0, 0.1) is 18.8 Å². The Hall–Kier alpha value is -1.35. The van der Waals surface area contributed by atoms with E-state index < -0.39 is 0 Å². The van der Waals surface area contributed by atoms with Gasteiger partial charge in [0.15, 0.2) is 0 Å². The molecule has 2 atom stereocenters. The number of carbonyl (C=O) groups excluding carboxylic acids is 1. The lowest BCUT2D eigenvalue weighted by molar-refractivity contribution is -0.131. The van der Waals surface area contributed by atoms with E-state index in [9.17, 15) is 4.79 Å². The number of benzene rings is 1. The lowest BCUT2D eigenvalue weighted by Gasteiger charge is -2.28. The largest absolute Gasteiger partial charge is 0.321 e. The third-order valence-electron chi connectivity index (χ3n) is 5.54. The predicted octanol–water partition coefficient (Wildman–Crippen LogP) is 3.00. The summed E-state index contributed by atoms with van der Waals surface area (Å²) in [6.45, 7) is 5.34. The fraction of sp³-hybridized carbons (Fsp3) is 0.611. The molecule has 4 rings (SSSR count). The lowest BCUT2D eigenvalue weighted by Crippen LogP contribution is -2.36. The molecule has 1 aliphatic heterocycles. The van der Waals surface area contributed by atoms with Crippen molar-refractivity contribution >= 4 is 5.91 Å². The van der Waals surface area contributed by atoms with E-state index in [1.807, 2.05) is 0 Å². The molecule has 3 heteroatoms. The minimum absolute atomic E-state index is 0.0717. The molecular weight excluding hydrogens is 260 g/mol. The van der Waals surface area contributed by atoms with Gasteiger partial charge in [-0.15, -0.1) is 0 Å². The fourth-order valence-electron chi connectivity index (χ4n) is 3.73. The molecule has 1 aromatic rings. The SMILES string of the molecule is Cc1ccccc1C1NC2(CC2)C(=O)N1CC(C)C1CC1. The average Bonchev–Trinajstić information content (AvgIpc) is 3.36. The van der Waals surface area contributed by atoms with E-state index in [0.29, 0.717) is 11.8 Å². The highest BCUT2D eigenvalue weighted by molar-refractivity contribution is 5.92. The molecule has 112 valence electrons. The van der Waals surface area contributed by atoms with Crippen LogP contribution in [0.1, 0.15) is 49.9 Å². The van der Waals surface area contributed by atoms with E-state index in [1.54, 1.807) is 0 Å². The van der Waals surface area contributed by atoms with Crippen LogP contribution >= 0.6 is 0 Å². The van der Waals surface area contributed by atoms with Gasteiger partial charge >= 0.3 is 0 Å². The summed E-state index contributed by atoms with van der Waals surface area (Å²) in [5.41, 5.74) is 2.30. The summed E-state index contributed by atoms with van der Waals surface area (Å²) in [5.74, 6) is 1.80. The van der Waals surface area contributed by atoms with Crippen molar-refractivity contribution in [3.05, 3.63) is 35.4 Å². The average molecular weight is 284 g/mol. The van der Waals surface area contributed by atoms with Gasteiger partial charge in [-0.05, 0) is 55.6 Å². The van der Waals surface area contributed by atoms with Crippen molar-refractivity contribution in [2.45, 2.75) is 51.2 Å². The van der Waals surface area contributed by atoms with Crippen LogP contribution < -0.4 is 5.32 Å². The van der Waals surface area contributed by atoms with E-state index in [-0.39, 0.29) is 11.7 Å². The van der Waals surface area contributed by atoms with Crippen LogP contribution in [0.4, 0.5) is 0 Å². The van der Waals surface area contributed by atoms with Crippen LogP contribution in [-0.4, -0.2) is 22.9 Å². The molecule has 1 spiro atoms. The second-order valence-corrected chi connectivity index (χ2v) is 7.26. The first-order chi connectivity index (χ1) is 10.1. The Balaban J connectivity index is 1.63. The number of amides is 1. The summed E-state index contributed by atoms with van der Waals surface area (Å²) in [4.78, 5) is 14.9. The number of hydrogen-bond donors (Lipinski definition) is 1. The minimum atomic E-state index is -0.226. The number of aryl methyl sites for hydroxylation is 1. The van der Waals surface area contributed by atoms with Crippen LogP contribution in [0.25, 0.3) is 0 Å². The normalized spacial score (nSPS) is 28.2. The van der Waals surface area contributed by atoms with Crippen LogP contribution in [0.3, 0.4) is 0 Å². The standard InChI is InChI=1S/C18H24N2O/c1-12-5-3-4-6-15(12)16-19-18(9-10-18)17(21)20(16)11-13(2)14-7-8-14/h3-6,13-14,16,19H,7-11H2,1-2H3. The van der Waals surface area contributed by atoms with Crippen molar-refractivity contribution in [3.8, 4) is 0 Å². The number of rotatable bonds is 4. The second-order valence-electron chi connectivity index (χ2n) is 7.26. The van der Waals surface area contributed by atoms with Gasteiger partial charge in [-0.1, -0.05) is 31.2 Å². The zero-order valence-electron chi connectivity index (χ0n) is 12.9. The number of hydrogen-bond acceptors (Lipinski definition) is 2. The lowest BCUT2D eigenvalue weighted by atomic mass is 10.0. The smallest absolute Gasteiger partial charge is 0.244 e. The summed E-state index contributed by atoms with van der Waals surface area (Å²) in [6.07, 6.45) is 4.76. The van der Waals surface area contributed by atoms with Crippen molar-refractivity contribution in [2.24, 2.45) is 11.8 Å². The maximum atomic E-state index is 12.8. The predicted molar refractivity (Wildman–Crippen MR) is 82.6 cm³/mol. The fourth-order valence-corrected chi connectivity index (χ4v) is 3.73. The minimum Gasteiger partial charge on any atom is -0.321 e. The van der Waals surface area contributed by atoms with Gasteiger partial charge in [0.2, 0.25) is 5.91 Å². The van der Waals surface area contributed by atoms with E-state index >= 15 is 0 Å². The molecule has 3 aliphatic rings. The first kappa shape index (κ1) is 13.3.